The average Bonchev–Trinajstić information content (AvgIpc) is 2.65. The van der Waals surface area contributed by atoms with Crippen LogP contribution in [-0.2, 0) is 0 Å². The summed E-state index contributed by atoms with van der Waals surface area (Å²) < 4.78 is 27.1. The van der Waals surface area contributed by atoms with E-state index in [0.29, 0.717) is 6.54 Å². The topological polar surface area (TPSA) is 26.0 Å². The van der Waals surface area contributed by atoms with Crippen LogP contribution in [0.15, 0.2) is 18.2 Å². The number of halogens is 2. The van der Waals surface area contributed by atoms with Gasteiger partial charge in [0.2, 0.25) is 0 Å². The lowest BCUT2D eigenvalue weighted by atomic mass is 9.88. The molecular formula is C12H15F2N. The van der Waals surface area contributed by atoms with Gasteiger partial charge in [-0.3, -0.25) is 0 Å². The highest BCUT2D eigenvalue weighted by molar-refractivity contribution is 5.25. The second kappa shape index (κ2) is 4.27. The fourth-order valence-electron chi connectivity index (χ4n) is 2.56. The van der Waals surface area contributed by atoms with E-state index in [2.05, 4.69) is 0 Å². The highest BCUT2D eigenvalue weighted by Gasteiger charge is 2.31. The van der Waals surface area contributed by atoms with E-state index in [1.165, 1.54) is 18.2 Å². The zero-order valence-corrected chi connectivity index (χ0v) is 8.55. The molecule has 3 heteroatoms. The molecule has 2 rings (SSSR count). The van der Waals surface area contributed by atoms with Crippen LogP contribution >= 0.6 is 0 Å². The molecule has 2 N–H and O–H groups in total. The highest BCUT2D eigenvalue weighted by atomic mass is 19.1. The van der Waals surface area contributed by atoms with Crippen molar-refractivity contribution in [2.75, 3.05) is 6.54 Å². The SMILES string of the molecule is NCC1CCCC1c1c(F)cccc1F. The Balaban J connectivity index is 2.36. The first kappa shape index (κ1) is 10.6. The molecule has 1 aliphatic rings. The van der Waals surface area contributed by atoms with Crippen molar-refractivity contribution in [1.29, 1.82) is 0 Å². The third kappa shape index (κ3) is 1.88. The summed E-state index contributed by atoms with van der Waals surface area (Å²) in [7, 11) is 0. The van der Waals surface area contributed by atoms with Crippen LogP contribution in [0.2, 0.25) is 0 Å². The minimum Gasteiger partial charge on any atom is -0.330 e. The smallest absolute Gasteiger partial charge is 0.129 e. The van der Waals surface area contributed by atoms with Crippen LogP contribution in [0.5, 0.6) is 0 Å². The Morgan fingerprint density at radius 1 is 1.20 bits per heavy atom. The van der Waals surface area contributed by atoms with Crippen LogP contribution in [0, 0.1) is 17.6 Å². The maximum Gasteiger partial charge on any atom is 0.129 e. The van der Waals surface area contributed by atoms with Crippen molar-refractivity contribution in [3.05, 3.63) is 35.4 Å². The van der Waals surface area contributed by atoms with Gasteiger partial charge < -0.3 is 5.73 Å². The Labute approximate surface area is 88.3 Å². The van der Waals surface area contributed by atoms with Crippen molar-refractivity contribution in [3.8, 4) is 0 Å². The molecule has 1 aromatic rings. The van der Waals surface area contributed by atoms with Gasteiger partial charge in [0.05, 0.1) is 0 Å². The average molecular weight is 211 g/mol. The summed E-state index contributed by atoms with van der Waals surface area (Å²) in [5, 5.41) is 0. The van der Waals surface area contributed by atoms with Crippen LogP contribution < -0.4 is 5.73 Å². The summed E-state index contributed by atoms with van der Waals surface area (Å²) in [6, 6.07) is 4.05. The monoisotopic (exact) mass is 211 g/mol. The van der Waals surface area contributed by atoms with Crippen LogP contribution in [0.3, 0.4) is 0 Å². The second-order valence-corrected chi connectivity index (χ2v) is 4.17. The van der Waals surface area contributed by atoms with Crippen molar-refractivity contribution >= 4 is 0 Å². The summed E-state index contributed by atoms with van der Waals surface area (Å²) in [6.45, 7) is 0.512. The van der Waals surface area contributed by atoms with Gasteiger partial charge in [-0.05, 0) is 43.4 Å². The predicted molar refractivity (Wildman–Crippen MR) is 55.5 cm³/mol. The quantitative estimate of drug-likeness (QED) is 0.799. The Kier molecular flexibility index (Phi) is 3.00. The zero-order valence-electron chi connectivity index (χ0n) is 8.55. The maximum atomic E-state index is 13.5. The molecular weight excluding hydrogens is 196 g/mol. The number of hydrogen-bond donors (Lipinski definition) is 1. The van der Waals surface area contributed by atoms with E-state index in [-0.39, 0.29) is 17.4 Å². The first-order valence-electron chi connectivity index (χ1n) is 5.38. The molecule has 0 amide bonds. The Morgan fingerprint density at radius 3 is 2.47 bits per heavy atom. The van der Waals surface area contributed by atoms with Gasteiger partial charge in [0, 0.05) is 5.56 Å². The number of benzene rings is 1. The molecule has 1 aromatic carbocycles. The molecule has 0 radical (unpaired) electrons. The number of hydrogen-bond acceptors (Lipinski definition) is 1. The van der Waals surface area contributed by atoms with Crippen molar-refractivity contribution in [3.63, 3.8) is 0 Å². The lowest BCUT2D eigenvalue weighted by Gasteiger charge is -2.19. The molecule has 15 heavy (non-hydrogen) atoms. The maximum absolute atomic E-state index is 13.5. The number of nitrogens with two attached hydrogens (primary N) is 1. The third-order valence-electron chi connectivity index (χ3n) is 3.33. The molecule has 82 valence electrons. The molecule has 0 aromatic heterocycles. The summed E-state index contributed by atoms with van der Waals surface area (Å²) in [4.78, 5) is 0. The van der Waals surface area contributed by atoms with Crippen molar-refractivity contribution < 1.29 is 8.78 Å². The Bertz CT molecular complexity index is 331. The molecule has 0 saturated heterocycles. The lowest BCUT2D eigenvalue weighted by molar-refractivity contribution is 0.449. The van der Waals surface area contributed by atoms with Gasteiger partial charge in [-0.2, -0.15) is 0 Å². The van der Waals surface area contributed by atoms with E-state index in [0.717, 1.165) is 19.3 Å². The van der Waals surface area contributed by atoms with E-state index in [4.69, 9.17) is 5.73 Å². The molecule has 2 unspecified atom stereocenters. The van der Waals surface area contributed by atoms with E-state index >= 15 is 0 Å². The van der Waals surface area contributed by atoms with Gasteiger partial charge in [0.15, 0.2) is 0 Å². The second-order valence-electron chi connectivity index (χ2n) is 4.17. The van der Waals surface area contributed by atoms with Crippen LogP contribution in [0.25, 0.3) is 0 Å². The summed E-state index contributed by atoms with van der Waals surface area (Å²) in [5.74, 6) is -0.659. The highest BCUT2D eigenvalue weighted by Crippen LogP contribution is 2.40. The van der Waals surface area contributed by atoms with Crippen molar-refractivity contribution in [1.82, 2.24) is 0 Å². The van der Waals surface area contributed by atoms with Gasteiger partial charge >= 0.3 is 0 Å². The molecule has 0 aliphatic heterocycles. The molecule has 1 saturated carbocycles. The van der Waals surface area contributed by atoms with Gasteiger partial charge in [-0.15, -0.1) is 0 Å². The molecule has 0 spiro atoms. The molecule has 0 heterocycles. The largest absolute Gasteiger partial charge is 0.330 e. The number of rotatable bonds is 2. The van der Waals surface area contributed by atoms with Crippen molar-refractivity contribution in [2.24, 2.45) is 11.7 Å². The summed E-state index contributed by atoms with van der Waals surface area (Å²) in [6.07, 6.45) is 2.84. The molecule has 1 aliphatic carbocycles. The normalized spacial score (nSPS) is 25.8. The summed E-state index contributed by atoms with van der Waals surface area (Å²) >= 11 is 0. The minimum absolute atomic E-state index is 0.0313. The van der Waals surface area contributed by atoms with E-state index in [9.17, 15) is 8.78 Å². The Morgan fingerprint density at radius 2 is 1.87 bits per heavy atom. The van der Waals surface area contributed by atoms with E-state index < -0.39 is 11.6 Å². The van der Waals surface area contributed by atoms with Gasteiger partial charge in [-0.25, -0.2) is 8.78 Å². The predicted octanol–water partition coefficient (Wildman–Crippen LogP) is 2.81. The van der Waals surface area contributed by atoms with Gasteiger partial charge in [-0.1, -0.05) is 12.5 Å². The fraction of sp³-hybridized carbons (Fsp3) is 0.500. The van der Waals surface area contributed by atoms with Crippen LogP contribution in [-0.4, -0.2) is 6.54 Å². The Hall–Kier alpha value is -0.960. The first-order chi connectivity index (χ1) is 7.24. The van der Waals surface area contributed by atoms with Crippen LogP contribution in [0.1, 0.15) is 30.7 Å². The molecule has 0 bridgehead atoms. The lowest BCUT2D eigenvalue weighted by Crippen LogP contribution is -2.18. The minimum atomic E-state index is -0.430. The fourth-order valence-corrected chi connectivity index (χ4v) is 2.56. The van der Waals surface area contributed by atoms with Crippen LogP contribution in [0.4, 0.5) is 8.78 Å². The summed E-state index contributed by atoms with van der Waals surface area (Å²) in [5.41, 5.74) is 5.86. The zero-order chi connectivity index (χ0) is 10.8. The molecule has 1 nitrogen and oxygen atoms in total. The van der Waals surface area contributed by atoms with Gasteiger partial charge in [0.1, 0.15) is 11.6 Å². The van der Waals surface area contributed by atoms with Gasteiger partial charge in [0.25, 0.3) is 0 Å². The molecule has 2 atom stereocenters. The molecule has 1 fully saturated rings. The van der Waals surface area contributed by atoms with Crippen molar-refractivity contribution in [2.45, 2.75) is 25.2 Å². The van der Waals surface area contributed by atoms with E-state index in [1.54, 1.807) is 0 Å². The third-order valence-corrected chi connectivity index (χ3v) is 3.33. The first-order valence-corrected chi connectivity index (χ1v) is 5.38. The standard InChI is InChI=1S/C12H15F2N/c13-10-5-2-6-11(14)12(10)9-4-1-3-8(9)7-15/h2,5-6,8-9H,1,3-4,7,15H2. The van der Waals surface area contributed by atoms with E-state index in [1.807, 2.05) is 0 Å².